The minimum absolute atomic E-state index is 0.171. The van der Waals surface area contributed by atoms with Gasteiger partial charge < -0.3 is 14.3 Å². The molecule has 0 aliphatic carbocycles. The SMILES string of the molecule is COC(=O)c1ccc(CSc2ccc(C(=O)O)cc2)o1. The fraction of sp³-hybridized carbons (Fsp3) is 0.143. The van der Waals surface area contributed by atoms with Crippen LogP contribution in [0.5, 0.6) is 0 Å². The topological polar surface area (TPSA) is 76.7 Å². The largest absolute Gasteiger partial charge is 0.478 e. The molecule has 1 N–H and O–H groups in total. The predicted molar refractivity (Wildman–Crippen MR) is 73.0 cm³/mol. The highest BCUT2D eigenvalue weighted by Crippen LogP contribution is 2.24. The van der Waals surface area contributed by atoms with E-state index in [9.17, 15) is 9.59 Å². The Morgan fingerprint density at radius 2 is 1.90 bits per heavy atom. The number of thioether (sulfide) groups is 1. The highest BCUT2D eigenvalue weighted by molar-refractivity contribution is 7.98. The summed E-state index contributed by atoms with van der Waals surface area (Å²) in [6, 6.07) is 9.84. The molecule has 5 nitrogen and oxygen atoms in total. The number of aromatic carboxylic acids is 1. The lowest BCUT2D eigenvalue weighted by atomic mass is 10.2. The van der Waals surface area contributed by atoms with Crippen molar-refractivity contribution < 1.29 is 23.8 Å². The van der Waals surface area contributed by atoms with Crippen LogP contribution in [0.25, 0.3) is 0 Å². The van der Waals surface area contributed by atoms with Gasteiger partial charge in [-0.15, -0.1) is 11.8 Å². The monoisotopic (exact) mass is 292 g/mol. The molecule has 0 amide bonds. The molecule has 0 atom stereocenters. The van der Waals surface area contributed by atoms with Crippen LogP contribution < -0.4 is 0 Å². The number of rotatable bonds is 5. The van der Waals surface area contributed by atoms with Gasteiger partial charge in [-0.1, -0.05) is 0 Å². The van der Waals surface area contributed by atoms with E-state index in [1.54, 1.807) is 36.4 Å². The van der Waals surface area contributed by atoms with Crippen LogP contribution in [0.15, 0.2) is 45.7 Å². The van der Waals surface area contributed by atoms with Crippen LogP contribution >= 0.6 is 11.8 Å². The van der Waals surface area contributed by atoms with Crippen molar-refractivity contribution in [1.29, 1.82) is 0 Å². The number of furan rings is 1. The van der Waals surface area contributed by atoms with Crippen molar-refractivity contribution in [2.45, 2.75) is 10.6 Å². The Kier molecular flexibility index (Phi) is 4.47. The third-order valence-electron chi connectivity index (χ3n) is 2.53. The number of carboxylic acid groups (broad SMARTS) is 1. The zero-order valence-electron chi connectivity index (χ0n) is 10.7. The first-order valence-electron chi connectivity index (χ1n) is 5.73. The molecule has 1 heterocycles. The Hall–Kier alpha value is -2.21. The Labute approximate surface area is 119 Å². The zero-order valence-corrected chi connectivity index (χ0v) is 11.5. The summed E-state index contributed by atoms with van der Waals surface area (Å²) >= 11 is 1.49. The van der Waals surface area contributed by atoms with Crippen molar-refractivity contribution in [1.82, 2.24) is 0 Å². The van der Waals surface area contributed by atoms with Gasteiger partial charge in [-0.2, -0.15) is 0 Å². The van der Waals surface area contributed by atoms with E-state index in [1.165, 1.54) is 18.9 Å². The van der Waals surface area contributed by atoms with E-state index in [4.69, 9.17) is 9.52 Å². The number of ether oxygens (including phenoxy) is 1. The minimum Gasteiger partial charge on any atom is -0.478 e. The maximum absolute atomic E-state index is 11.2. The summed E-state index contributed by atoms with van der Waals surface area (Å²) in [6.07, 6.45) is 0. The van der Waals surface area contributed by atoms with Gasteiger partial charge in [-0.3, -0.25) is 0 Å². The molecule has 0 saturated carbocycles. The second-order valence-corrected chi connectivity index (χ2v) is 4.92. The summed E-state index contributed by atoms with van der Waals surface area (Å²) in [5, 5.41) is 8.80. The summed E-state index contributed by atoms with van der Waals surface area (Å²) in [5.41, 5.74) is 0.250. The normalized spacial score (nSPS) is 10.2. The molecule has 0 spiro atoms. The molecule has 2 aromatic rings. The van der Waals surface area contributed by atoms with Crippen molar-refractivity contribution in [3.63, 3.8) is 0 Å². The van der Waals surface area contributed by atoms with Crippen LogP contribution in [0.2, 0.25) is 0 Å². The maximum atomic E-state index is 11.2. The van der Waals surface area contributed by atoms with E-state index in [0.29, 0.717) is 11.5 Å². The Balaban J connectivity index is 1.96. The molecule has 0 aliphatic rings. The van der Waals surface area contributed by atoms with E-state index in [2.05, 4.69) is 4.74 Å². The van der Waals surface area contributed by atoms with E-state index in [1.807, 2.05) is 0 Å². The van der Waals surface area contributed by atoms with E-state index in [0.717, 1.165) is 4.90 Å². The lowest BCUT2D eigenvalue weighted by molar-refractivity contribution is 0.0563. The van der Waals surface area contributed by atoms with E-state index in [-0.39, 0.29) is 11.3 Å². The average Bonchev–Trinajstić information content (AvgIpc) is 2.93. The quantitative estimate of drug-likeness (QED) is 0.674. The smallest absolute Gasteiger partial charge is 0.373 e. The maximum Gasteiger partial charge on any atom is 0.373 e. The molecule has 1 aromatic carbocycles. The predicted octanol–water partition coefficient (Wildman–Crippen LogP) is 3.06. The summed E-state index contributed by atoms with van der Waals surface area (Å²) < 4.78 is 9.88. The molecule has 0 saturated heterocycles. The highest BCUT2D eigenvalue weighted by atomic mass is 32.2. The van der Waals surface area contributed by atoms with Crippen LogP contribution in [-0.4, -0.2) is 24.2 Å². The molecule has 6 heteroatoms. The van der Waals surface area contributed by atoms with Gasteiger partial charge in [0.15, 0.2) is 0 Å². The van der Waals surface area contributed by atoms with Gasteiger partial charge >= 0.3 is 11.9 Å². The number of carbonyl (C=O) groups is 2. The number of carboxylic acids is 1. The third-order valence-corrected chi connectivity index (χ3v) is 3.56. The molecule has 0 aliphatic heterocycles. The molecule has 0 unspecified atom stereocenters. The van der Waals surface area contributed by atoms with E-state index >= 15 is 0 Å². The average molecular weight is 292 g/mol. The summed E-state index contributed by atoms with van der Waals surface area (Å²) in [6.45, 7) is 0. The van der Waals surface area contributed by atoms with Gasteiger partial charge in [0.05, 0.1) is 18.4 Å². The summed E-state index contributed by atoms with van der Waals surface area (Å²) in [7, 11) is 1.29. The van der Waals surface area contributed by atoms with Crippen LogP contribution in [0, 0.1) is 0 Å². The number of benzene rings is 1. The molecule has 0 fully saturated rings. The van der Waals surface area contributed by atoms with Crippen LogP contribution in [0.4, 0.5) is 0 Å². The van der Waals surface area contributed by atoms with Gasteiger partial charge in [0.2, 0.25) is 5.76 Å². The van der Waals surface area contributed by atoms with Crippen molar-refractivity contribution in [3.8, 4) is 0 Å². The van der Waals surface area contributed by atoms with Crippen LogP contribution in [0.1, 0.15) is 26.7 Å². The molecule has 104 valence electrons. The molecule has 20 heavy (non-hydrogen) atoms. The first-order chi connectivity index (χ1) is 9.60. The molecule has 1 aromatic heterocycles. The zero-order chi connectivity index (χ0) is 14.5. The van der Waals surface area contributed by atoms with Crippen molar-refractivity contribution in [2.24, 2.45) is 0 Å². The molecule has 0 bridgehead atoms. The standard InChI is InChI=1S/C14H12O5S/c1-18-14(17)12-7-4-10(19-12)8-20-11-5-2-9(3-6-11)13(15)16/h2-7H,8H2,1H3,(H,15,16). The summed E-state index contributed by atoms with van der Waals surface area (Å²) in [5.74, 6) is -0.0898. The van der Waals surface area contributed by atoms with Gasteiger partial charge in [-0.25, -0.2) is 9.59 Å². The number of methoxy groups -OCH3 is 1. The Morgan fingerprint density at radius 1 is 1.20 bits per heavy atom. The minimum atomic E-state index is -0.949. The first-order valence-corrected chi connectivity index (χ1v) is 6.72. The van der Waals surface area contributed by atoms with Crippen molar-refractivity contribution in [2.75, 3.05) is 7.11 Å². The van der Waals surface area contributed by atoms with Gasteiger partial charge in [0.1, 0.15) is 5.76 Å². The van der Waals surface area contributed by atoms with Crippen LogP contribution in [-0.2, 0) is 10.5 Å². The summed E-state index contributed by atoms with van der Waals surface area (Å²) in [4.78, 5) is 22.9. The molecule has 0 radical (unpaired) electrons. The second-order valence-electron chi connectivity index (χ2n) is 3.88. The highest BCUT2D eigenvalue weighted by Gasteiger charge is 2.11. The van der Waals surface area contributed by atoms with Crippen LogP contribution in [0.3, 0.4) is 0 Å². The molecular formula is C14H12O5S. The fourth-order valence-electron chi connectivity index (χ4n) is 1.51. The Bertz CT molecular complexity index is 615. The van der Waals surface area contributed by atoms with Crippen molar-refractivity contribution in [3.05, 3.63) is 53.5 Å². The number of carbonyl (C=O) groups excluding carboxylic acids is 1. The van der Waals surface area contributed by atoms with Gasteiger partial charge in [-0.05, 0) is 36.4 Å². The van der Waals surface area contributed by atoms with Gasteiger partial charge in [0.25, 0.3) is 0 Å². The Morgan fingerprint density at radius 3 is 2.50 bits per heavy atom. The first kappa shape index (κ1) is 14.2. The molecule has 2 rings (SSSR count). The third kappa shape index (κ3) is 3.42. The number of esters is 1. The lowest BCUT2D eigenvalue weighted by Gasteiger charge is -2.00. The molecular weight excluding hydrogens is 280 g/mol. The number of hydrogen-bond donors (Lipinski definition) is 1. The van der Waals surface area contributed by atoms with Crippen molar-refractivity contribution >= 4 is 23.7 Å². The van der Waals surface area contributed by atoms with E-state index < -0.39 is 11.9 Å². The fourth-order valence-corrected chi connectivity index (χ4v) is 2.31. The number of hydrogen-bond acceptors (Lipinski definition) is 5. The van der Waals surface area contributed by atoms with Gasteiger partial charge in [0, 0.05) is 4.90 Å². The second kappa shape index (κ2) is 6.29. The lowest BCUT2D eigenvalue weighted by Crippen LogP contribution is -1.98.